The topological polar surface area (TPSA) is 129 Å². The maximum atomic E-state index is 10.6. The van der Waals surface area contributed by atoms with Crippen LogP contribution in [-0.2, 0) is 19.7 Å². The molecule has 0 amide bonds. The smallest absolute Gasteiger partial charge is 1.00 e. The van der Waals surface area contributed by atoms with Gasteiger partial charge in [-0.3, -0.25) is 14.1 Å². The maximum absolute atomic E-state index is 10.6. The van der Waals surface area contributed by atoms with E-state index >= 15 is 0 Å². The van der Waals surface area contributed by atoms with Crippen LogP contribution in [0.4, 0.5) is 0 Å². The van der Waals surface area contributed by atoms with E-state index < -0.39 is 46.6 Å². The first-order chi connectivity index (χ1) is 6.23. The Morgan fingerprint density at radius 2 is 1.67 bits per heavy atom. The van der Waals surface area contributed by atoms with Crippen LogP contribution in [0.15, 0.2) is 0 Å². The number of carbonyl (C=O) groups is 2. The van der Waals surface area contributed by atoms with Crippen molar-refractivity contribution in [2.45, 2.75) is 24.5 Å². The van der Waals surface area contributed by atoms with Crippen LogP contribution in [0, 0.1) is 0 Å². The number of carboxylic acid groups (broad SMARTS) is 2. The summed E-state index contributed by atoms with van der Waals surface area (Å²) >= 11 is 0. The molecule has 0 aromatic carbocycles. The second kappa shape index (κ2) is 7.18. The first-order valence-corrected chi connectivity index (χ1v) is 5.13. The molecule has 7 nitrogen and oxygen atoms in total. The van der Waals surface area contributed by atoms with Crippen molar-refractivity contribution in [1.29, 1.82) is 0 Å². The summed E-state index contributed by atoms with van der Waals surface area (Å²) in [6.45, 7) is 0. The second-order valence-corrected chi connectivity index (χ2v) is 4.36. The van der Waals surface area contributed by atoms with Gasteiger partial charge in [0.25, 0.3) is 10.1 Å². The minimum Gasteiger partial charge on any atom is -1.00 e. The molecule has 0 aliphatic carbocycles. The molecule has 9 heteroatoms. The van der Waals surface area contributed by atoms with E-state index in [2.05, 4.69) is 0 Å². The van der Waals surface area contributed by atoms with Crippen LogP contribution >= 0.6 is 0 Å². The standard InChI is InChI=1S/C6H10O7S.Na.H/c7-5(8)2-1-4(3-6(9)10)14(11,12)13;;/h4H,1-3H2,(H,7,8)(H,9,10)(H,11,12,13);;/q;+1;-1. The van der Waals surface area contributed by atoms with Gasteiger partial charge in [-0.1, -0.05) is 0 Å². The molecule has 1 atom stereocenters. The van der Waals surface area contributed by atoms with Crippen LogP contribution in [0.1, 0.15) is 20.7 Å². The van der Waals surface area contributed by atoms with E-state index in [1.54, 1.807) is 0 Å². The summed E-state index contributed by atoms with van der Waals surface area (Å²) in [5, 5.41) is 15.0. The van der Waals surface area contributed by atoms with Crippen molar-refractivity contribution in [3.8, 4) is 0 Å². The Labute approximate surface area is 110 Å². The van der Waals surface area contributed by atoms with Crippen molar-refractivity contribution in [3.63, 3.8) is 0 Å². The largest absolute Gasteiger partial charge is 1.00 e. The molecule has 0 fully saturated rings. The average molecular weight is 250 g/mol. The van der Waals surface area contributed by atoms with Gasteiger partial charge >= 0.3 is 41.5 Å². The van der Waals surface area contributed by atoms with Gasteiger partial charge in [0.2, 0.25) is 0 Å². The minimum absolute atomic E-state index is 0. The van der Waals surface area contributed by atoms with E-state index in [1.165, 1.54) is 0 Å². The molecule has 1 unspecified atom stereocenters. The van der Waals surface area contributed by atoms with E-state index in [0.29, 0.717) is 0 Å². The van der Waals surface area contributed by atoms with Crippen molar-refractivity contribution >= 4 is 22.1 Å². The summed E-state index contributed by atoms with van der Waals surface area (Å²) in [5.74, 6) is -2.65. The third kappa shape index (κ3) is 8.82. The van der Waals surface area contributed by atoms with Crippen LogP contribution in [-0.4, -0.2) is 40.4 Å². The minimum atomic E-state index is -4.50. The molecule has 0 aliphatic rings. The van der Waals surface area contributed by atoms with Crippen molar-refractivity contribution < 1.29 is 63.8 Å². The number of hydrogen-bond donors (Lipinski definition) is 3. The molecule has 0 saturated carbocycles. The van der Waals surface area contributed by atoms with Gasteiger partial charge in [-0.05, 0) is 6.42 Å². The fourth-order valence-electron chi connectivity index (χ4n) is 0.836. The van der Waals surface area contributed by atoms with E-state index in [4.69, 9.17) is 14.8 Å². The zero-order valence-electron chi connectivity index (χ0n) is 9.08. The summed E-state index contributed by atoms with van der Waals surface area (Å²) in [6.07, 6.45) is -1.72. The fourth-order valence-corrected chi connectivity index (χ4v) is 1.60. The number of rotatable bonds is 6. The monoisotopic (exact) mass is 250 g/mol. The van der Waals surface area contributed by atoms with Gasteiger partial charge in [0.1, 0.15) is 0 Å². The molecular weight excluding hydrogens is 239 g/mol. The first-order valence-electron chi connectivity index (χ1n) is 3.63. The van der Waals surface area contributed by atoms with E-state index in [1.807, 2.05) is 0 Å². The average Bonchev–Trinajstić information content (AvgIpc) is 1.94. The van der Waals surface area contributed by atoms with Crippen LogP contribution in [0.2, 0.25) is 0 Å². The third-order valence-corrected chi connectivity index (χ3v) is 2.75. The molecule has 0 aromatic rings. The van der Waals surface area contributed by atoms with E-state index in [-0.39, 0.29) is 31.0 Å². The van der Waals surface area contributed by atoms with Crippen LogP contribution in [0.3, 0.4) is 0 Å². The molecule has 0 heterocycles. The third-order valence-electron chi connectivity index (χ3n) is 1.50. The Balaban J connectivity index is -0.000000845. The van der Waals surface area contributed by atoms with E-state index in [9.17, 15) is 18.0 Å². The molecule has 0 bridgehead atoms. The molecule has 0 aromatic heterocycles. The Morgan fingerprint density at radius 3 is 1.93 bits per heavy atom. The molecule has 15 heavy (non-hydrogen) atoms. The van der Waals surface area contributed by atoms with Gasteiger partial charge in [0, 0.05) is 6.42 Å². The van der Waals surface area contributed by atoms with Crippen molar-refractivity contribution in [3.05, 3.63) is 0 Å². The molecule has 0 spiro atoms. The second-order valence-electron chi connectivity index (χ2n) is 2.67. The number of hydrogen-bond acceptors (Lipinski definition) is 4. The quantitative estimate of drug-likeness (QED) is 0.332. The Bertz CT molecular complexity index is 328. The molecule has 0 radical (unpaired) electrons. The van der Waals surface area contributed by atoms with Gasteiger partial charge in [0.15, 0.2) is 0 Å². The molecule has 0 aliphatic heterocycles. The van der Waals surface area contributed by atoms with Crippen molar-refractivity contribution in [2.24, 2.45) is 0 Å². The SMILES string of the molecule is O=C(O)CCC(CC(=O)O)S(=O)(=O)O.[H-].[Na+]. The van der Waals surface area contributed by atoms with Crippen LogP contribution in [0.25, 0.3) is 0 Å². The zero-order valence-corrected chi connectivity index (χ0v) is 10.9. The van der Waals surface area contributed by atoms with Gasteiger partial charge in [-0.25, -0.2) is 0 Å². The summed E-state index contributed by atoms with van der Waals surface area (Å²) < 4.78 is 29.7. The number of aliphatic carboxylic acids is 2. The zero-order chi connectivity index (χ0) is 11.4. The Hall–Kier alpha value is -0.150. The normalized spacial score (nSPS) is 12.6. The predicted molar refractivity (Wildman–Crippen MR) is 45.6 cm³/mol. The molecule has 0 saturated heterocycles. The molecule has 84 valence electrons. The summed E-state index contributed by atoms with van der Waals surface area (Å²) in [7, 11) is -4.50. The molecular formula is C6H11NaO7S. The predicted octanol–water partition coefficient (Wildman–Crippen LogP) is -3.30. The van der Waals surface area contributed by atoms with Crippen molar-refractivity contribution in [2.75, 3.05) is 0 Å². The van der Waals surface area contributed by atoms with Crippen LogP contribution in [0.5, 0.6) is 0 Å². The van der Waals surface area contributed by atoms with Gasteiger partial charge in [0.05, 0.1) is 11.7 Å². The summed E-state index contributed by atoms with van der Waals surface area (Å²) in [6, 6.07) is 0. The van der Waals surface area contributed by atoms with Crippen molar-refractivity contribution in [1.82, 2.24) is 0 Å². The van der Waals surface area contributed by atoms with Crippen LogP contribution < -0.4 is 29.6 Å². The number of carboxylic acids is 2. The van der Waals surface area contributed by atoms with Gasteiger partial charge in [-0.2, -0.15) is 8.42 Å². The first kappa shape index (κ1) is 17.3. The fraction of sp³-hybridized carbons (Fsp3) is 0.667. The Kier molecular flexibility index (Phi) is 8.25. The summed E-state index contributed by atoms with van der Waals surface area (Å²) in [4.78, 5) is 20.3. The summed E-state index contributed by atoms with van der Waals surface area (Å²) in [5.41, 5.74) is 0. The van der Waals surface area contributed by atoms with Gasteiger partial charge < -0.3 is 11.6 Å². The van der Waals surface area contributed by atoms with E-state index in [0.717, 1.165) is 0 Å². The Morgan fingerprint density at radius 1 is 1.20 bits per heavy atom. The molecule has 0 rings (SSSR count). The maximum Gasteiger partial charge on any atom is 1.00 e. The van der Waals surface area contributed by atoms with Gasteiger partial charge in [-0.15, -0.1) is 0 Å². The molecule has 3 N–H and O–H groups in total.